The van der Waals surface area contributed by atoms with E-state index in [4.69, 9.17) is 0 Å². The second kappa shape index (κ2) is 6.19. The van der Waals surface area contributed by atoms with Gasteiger partial charge in [0.05, 0.1) is 0 Å². The summed E-state index contributed by atoms with van der Waals surface area (Å²) in [6, 6.07) is 0.220. The van der Waals surface area contributed by atoms with E-state index in [0.29, 0.717) is 0 Å². The van der Waals surface area contributed by atoms with Crippen LogP contribution in [-0.2, 0) is 5.67 Å². The fourth-order valence-electron chi connectivity index (χ4n) is 3.43. The molecule has 2 aliphatic rings. The van der Waals surface area contributed by atoms with Crippen molar-refractivity contribution in [2.45, 2.75) is 5.67 Å². The third-order valence-corrected chi connectivity index (χ3v) is 4.79. The summed E-state index contributed by atoms with van der Waals surface area (Å²) >= 11 is 0. The Morgan fingerprint density at radius 3 is 1.83 bits per heavy atom. The average molecular weight is 440 g/mol. The fraction of sp³-hybridized carbons (Fsp3) is 0.0526. The van der Waals surface area contributed by atoms with Gasteiger partial charge in [-0.25, -0.2) is 48.3 Å². The van der Waals surface area contributed by atoms with E-state index < -0.39 is 91.0 Å². The number of benzene rings is 2. The van der Waals surface area contributed by atoms with E-state index in [2.05, 4.69) is 0 Å². The highest BCUT2D eigenvalue weighted by Gasteiger charge is 2.53. The smallest absolute Gasteiger partial charge is 0.219 e. The molecule has 1 unspecified atom stereocenters. The molecule has 0 aliphatic heterocycles. The molecule has 4 rings (SSSR count). The summed E-state index contributed by atoms with van der Waals surface area (Å²) in [6.45, 7) is 0. The Kier molecular flexibility index (Phi) is 4.16. The van der Waals surface area contributed by atoms with Crippen molar-refractivity contribution >= 4 is 11.6 Å². The van der Waals surface area contributed by atoms with Crippen LogP contribution < -0.4 is 10.4 Å². The van der Waals surface area contributed by atoms with Gasteiger partial charge in [-0.05, 0) is 18.2 Å². The van der Waals surface area contributed by atoms with Crippen molar-refractivity contribution in [3.63, 3.8) is 0 Å². The maximum Gasteiger partial charge on any atom is 0.219 e. The Balaban J connectivity index is 2.28. The normalized spacial score (nSPS) is 20.6. The number of rotatable bonds is 1. The van der Waals surface area contributed by atoms with Crippen molar-refractivity contribution in [2.24, 2.45) is 0 Å². The summed E-state index contributed by atoms with van der Waals surface area (Å²) in [5.41, 5.74) is -9.25. The van der Waals surface area contributed by atoms with Gasteiger partial charge >= 0.3 is 0 Å². The molecule has 0 saturated heterocycles. The van der Waals surface area contributed by atoms with E-state index >= 15 is 4.39 Å². The summed E-state index contributed by atoms with van der Waals surface area (Å²) in [5, 5.41) is -2.90. The molecule has 0 bridgehead atoms. The molecule has 1 atom stereocenters. The van der Waals surface area contributed by atoms with Crippen LogP contribution in [-0.4, -0.2) is 0 Å². The molecule has 0 spiro atoms. The monoisotopic (exact) mass is 440 g/mol. The van der Waals surface area contributed by atoms with Crippen LogP contribution in [0.1, 0.15) is 5.56 Å². The van der Waals surface area contributed by atoms with Crippen molar-refractivity contribution in [2.75, 3.05) is 0 Å². The highest BCUT2D eigenvalue weighted by atomic mass is 19.2. The molecule has 30 heavy (non-hydrogen) atoms. The van der Waals surface area contributed by atoms with E-state index in [0.717, 1.165) is 0 Å². The van der Waals surface area contributed by atoms with Gasteiger partial charge in [0.2, 0.25) is 5.67 Å². The zero-order valence-corrected chi connectivity index (χ0v) is 13.9. The van der Waals surface area contributed by atoms with Crippen molar-refractivity contribution in [1.82, 2.24) is 0 Å². The predicted octanol–water partition coefficient (Wildman–Crippen LogP) is 4.86. The lowest BCUT2D eigenvalue weighted by atomic mass is 9.79. The van der Waals surface area contributed by atoms with Crippen molar-refractivity contribution in [3.8, 4) is 0 Å². The van der Waals surface area contributed by atoms with Crippen LogP contribution in [0.5, 0.6) is 0 Å². The summed E-state index contributed by atoms with van der Waals surface area (Å²) < 4.78 is 156. The second-order valence-electron chi connectivity index (χ2n) is 6.30. The van der Waals surface area contributed by atoms with Crippen LogP contribution in [0.25, 0.3) is 11.6 Å². The first-order chi connectivity index (χ1) is 13.9. The van der Waals surface area contributed by atoms with Gasteiger partial charge in [0, 0.05) is 27.1 Å². The summed E-state index contributed by atoms with van der Waals surface area (Å²) in [6.07, 6.45) is 0.152. The predicted molar refractivity (Wildman–Crippen MR) is 79.9 cm³/mol. The number of halogens is 11. The van der Waals surface area contributed by atoms with Gasteiger partial charge in [0.1, 0.15) is 0 Å². The van der Waals surface area contributed by atoms with Crippen LogP contribution >= 0.6 is 0 Å². The van der Waals surface area contributed by atoms with Gasteiger partial charge in [-0.2, -0.15) is 0 Å². The first-order valence-corrected chi connectivity index (χ1v) is 7.82. The molecule has 0 N–H and O–H groups in total. The van der Waals surface area contributed by atoms with Crippen molar-refractivity contribution < 1.29 is 48.3 Å². The minimum absolute atomic E-state index is 0.108. The van der Waals surface area contributed by atoms with Crippen molar-refractivity contribution in [3.05, 3.63) is 91.9 Å². The molecule has 2 aromatic carbocycles. The first-order valence-electron chi connectivity index (χ1n) is 7.82. The molecular formula is C19H3F11. The van der Waals surface area contributed by atoms with Gasteiger partial charge in [-0.15, -0.1) is 0 Å². The molecule has 0 nitrogen and oxygen atoms in total. The van der Waals surface area contributed by atoms with E-state index in [1.807, 2.05) is 0 Å². The minimum Gasteiger partial charge on any atom is -0.225 e. The van der Waals surface area contributed by atoms with Crippen LogP contribution in [0.2, 0.25) is 0 Å². The lowest BCUT2D eigenvalue weighted by Gasteiger charge is -2.31. The molecule has 0 fully saturated rings. The number of hydrogen-bond acceptors (Lipinski definition) is 0. The molecule has 0 saturated carbocycles. The van der Waals surface area contributed by atoms with Gasteiger partial charge in [-0.1, -0.05) is 0 Å². The second-order valence-corrected chi connectivity index (χ2v) is 6.30. The van der Waals surface area contributed by atoms with Gasteiger partial charge < -0.3 is 0 Å². The lowest BCUT2D eigenvalue weighted by Crippen LogP contribution is -2.39. The van der Waals surface area contributed by atoms with Crippen LogP contribution in [0.4, 0.5) is 48.3 Å². The Hall–Kier alpha value is -3.11. The summed E-state index contributed by atoms with van der Waals surface area (Å²) in [4.78, 5) is 0. The lowest BCUT2D eigenvalue weighted by molar-refractivity contribution is 0.223. The van der Waals surface area contributed by atoms with E-state index in [1.165, 1.54) is 0 Å². The topological polar surface area (TPSA) is 0 Å². The van der Waals surface area contributed by atoms with Crippen molar-refractivity contribution in [1.29, 1.82) is 0 Å². The van der Waals surface area contributed by atoms with E-state index in [1.54, 1.807) is 0 Å². The van der Waals surface area contributed by atoms with Gasteiger partial charge in [-0.3, -0.25) is 0 Å². The van der Waals surface area contributed by atoms with Gasteiger partial charge in [0.15, 0.2) is 58.2 Å². The Morgan fingerprint density at radius 2 is 1.20 bits per heavy atom. The average Bonchev–Trinajstić information content (AvgIpc) is 3.13. The fourth-order valence-corrected chi connectivity index (χ4v) is 3.43. The SMILES string of the molecule is FC1=C2C=c3c(F)c(F)c(F)c(F)c3=C2C(F)(c2ccc(F)c(F)c2F)C(F)=C1F. The van der Waals surface area contributed by atoms with E-state index in [-0.39, 0.29) is 18.2 Å². The molecule has 0 radical (unpaired) electrons. The minimum atomic E-state index is -4.38. The summed E-state index contributed by atoms with van der Waals surface area (Å²) in [5.74, 6) is -23.5. The van der Waals surface area contributed by atoms with E-state index in [9.17, 15) is 43.9 Å². The molecule has 2 aliphatic carbocycles. The standard InChI is InChI=1S/C19H3F11/c20-7-2-1-6(12(23)13(7)24)19(30)9-5(11(22)17(28)18(19)29)3-4-8(9)14(25)16(27)15(26)10(4)21/h1-3H. The number of alkyl halides is 1. The third kappa shape index (κ3) is 2.23. The highest BCUT2D eigenvalue weighted by molar-refractivity contribution is 5.91. The zero-order chi connectivity index (χ0) is 22.3. The Labute approximate surface area is 158 Å². The van der Waals surface area contributed by atoms with Crippen LogP contribution in [0.15, 0.2) is 35.2 Å². The number of fused-ring (bicyclic) bond motifs is 2. The quantitative estimate of drug-likeness (QED) is 0.338. The summed E-state index contributed by atoms with van der Waals surface area (Å²) in [7, 11) is 0. The molecular weight excluding hydrogens is 437 g/mol. The molecule has 0 heterocycles. The Bertz CT molecular complexity index is 1350. The van der Waals surface area contributed by atoms with Gasteiger partial charge in [0.25, 0.3) is 0 Å². The molecule has 2 aromatic rings. The number of hydrogen-bond donors (Lipinski definition) is 0. The molecule has 11 heteroatoms. The van der Waals surface area contributed by atoms with Crippen LogP contribution in [0, 0.1) is 40.7 Å². The Morgan fingerprint density at radius 1 is 0.600 bits per heavy atom. The largest absolute Gasteiger partial charge is 0.225 e. The molecule has 156 valence electrons. The van der Waals surface area contributed by atoms with Crippen LogP contribution in [0.3, 0.4) is 0 Å². The molecule has 0 aromatic heterocycles. The first kappa shape index (κ1) is 20.2. The highest BCUT2D eigenvalue weighted by Crippen LogP contribution is 2.54. The third-order valence-electron chi connectivity index (χ3n) is 4.79. The number of allylic oxidation sites excluding steroid dienone is 4. The maximum absolute atomic E-state index is 15.9. The molecule has 0 amide bonds. The maximum atomic E-state index is 15.9. The zero-order valence-electron chi connectivity index (χ0n) is 13.9.